The van der Waals surface area contributed by atoms with Crippen LogP contribution in [0.25, 0.3) is 11.2 Å². The van der Waals surface area contributed by atoms with E-state index >= 15 is 0 Å². The number of carbonyl (C=O) groups is 1. The zero-order chi connectivity index (χ0) is 16.8. The van der Waals surface area contributed by atoms with Gasteiger partial charge in [-0.25, -0.2) is 19.7 Å². The van der Waals surface area contributed by atoms with Crippen molar-refractivity contribution in [1.82, 2.24) is 19.9 Å². The van der Waals surface area contributed by atoms with Crippen molar-refractivity contribution in [2.75, 3.05) is 29.5 Å². The van der Waals surface area contributed by atoms with E-state index in [1.54, 1.807) is 17.6 Å². The van der Waals surface area contributed by atoms with E-state index in [9.17, 15) is 4.79 Å². The van der Waals surface area contributed by atoms with Crippen molar-refractivity contribution < 1.29 is 9.53 Å². The second-order valence-corrected chi connectivity index (χ2v) is 6.15. The molecule has 2 aliphatic rings. The van der Waals surface area contributed by atoms with E-state index in [1.807, 2.05) is 12.1 Å². The molecule has 126 valence electrons. The third-order valence-corrected chi connectivity index (χ3v) is 4.80. The van der Waals surface area contributed by atoms with E-state index in [4.69, 9.17) is 4.74 Å². The molecule has 1 aromatic carbocycles. The number of cyclic esters (lactones) is 1. The third-order valence-electron chi connectivity index (χ3n) is 4.80. The van der Waals surface area contributed by atoms with Gasteiger partial charge in [0.2, 0.25) is 0 Å². The molecule has 0 unspecified atom stereocenters. The highest BCUT2D eigenvalue weighted by Crippen LogP contribution is 2.33. The van der Waals surface area contributed by atoms with Gasteiger partial charge in [-0.3, -0.25) is 4.90 Å². The molecule has 1 N–H and O–H groups in total. The van der Waals surface area contributed by atoms with Crippen molar-refractivity contribution in [3.8, 4) is 0 Å². The Morgan fingerprint density at radius 3 is 3.00 bits per heavy atom. The van der Waals surface area contributed by atoms with Crippen molar-refractivity contribution in [3.63, 3.8) is 0 Å². The van der Waals surface area contributed by atoms with Gasteiger partial charge in [0.1, 0.15) is 18.5 Å². The standard InChI is InChI=1S/C17H16N6O2/c24-17-23(6-7-25-17)13-3-1-2-11-8-22(5-4-12(11)13)16-14-15(19-9-18-14)20-10-21-16/h1-3,9-10H,4-8H2,(H,18,19,20,21). The Bertz CT molecular complexity index is 969. The van der Waals surface area contributed by atoms with Gasteiger partial charge < -0.3 is 14.6 Å². The highest BCUT2D eigenvalue weighted by atomic mass is 16.6. The van der Waals surface area contributed by atoms with Gasteiger partial charge in [-0.05, 0) is 23.6 Å². The van der Waals surface area contributed by atoms with Gasteiger partial charge >= 0.3 is 6.09 Å². The summed E-state index contributed by atoms with van der Waals surface area (Å²) in [5, 5.41) is 0. The van der Waals surface area contributed by atoms with E-state index < -0.39 is 0 Å². The molecule has 1 saturated heterocycles. The predicted molar refractivity (Wildman–Crippen MR) is 91.6 cm³/mol. The second-order valence-electron chi connectivity index (χ2n) is 6.15. The summed E-state index contributed by atoms with van der Waals surface area (Å²) in [5.41, 5.74) is 4.91. The van der Waals surface area contributed by atoms with E-state index in [2.05, 4.69) is 30.9 Å². The number of H-pyrrole nitrogens is 1. The molecule has 0 radical (unpaired) electrons. The smallest absolute Gasteiger partial charge is 0.414 e. The van der Waals surface area contributed by atoms with Crippen LogP contribution in [-0.4, -0.2) is 45.7 Å². The molecule has 0 aliphatic carbocycles. The summed E-state index contributed by atoms with van der Waals surface area (Å²) in [5.74, 6) is 0.860. The van der Waals surface area contributed by atoms with Gasteiger partial charge in [-0.1, -0.05) is 12.1 Å². The fourth-order valence-corrected chi connectivity index (χ4v) is 3.63. The summed E-state index contributed by atoms with van der Waals surface area (Å²) in [6, 6.07) is 6.10. The molecule has 25 heavy (non-hydrogen) atoms. The molecule has 0 saturated carbocycles. The number of nitrogens with one attached hydrogen (secondary N) is 1. The van der Waals surface area contributed by atoms with Gasteiger partial charge in [-0.2, -0.15) is 0 Å². The number of nitrogens with zero attached hydrogens (tertiary/aromatic N) is 5. The molecule has 0 atom stereocenters. The monoisotopic (exact) mass is 336 g/mol. The van der Waals surface area contributed by atoms with E-state index in [-0.39, 0.29) is 6.09 Å². The van der Waals surface area contributed by atoms with Crippen LogP contribution in [0.4, 0.5) is 16.3 Å². The Kier molecular flexibility index (Phi) is 3.09. The van der Waals surface area contributed by atoms with Crippen molar-refractivity contribution >= 4 is 28.8 Å². The topological polar surface area (TPSA) is 87.2 Å². The lowest BCUT2D eigenvalue weighted by atomic mass is 9.97. The maximum absolute atomic E-state index is 11.9. The van der Waals surface area contributed by atoms with E-state index in [1.165, 1.54) is 11.1 Å². The first-order chi connectivity index (χ1) is 12.3. The summed E-state index contributed by atoms with van der Waals surface area (Å²) in [6.07, 6.45) is 3.77. The van der Waals surface area contributed by atoms with Gasteiger partial charge in [0, 0.05) is 13.1 Å². The van der Waals surface area contributed by atoms with Gasteiger partial charge in [0.15, 0.2) is 11.5 Å². The largest absolute Gasteiger partial charge is 0.447 e. The molecular weight excluding hydrogens is 320 g/mol. The van der Waals surface area contributed by atoms with Gasteiger partial charge in [0.05, 0.1) is 18.6 Å². The highest BCUT2D eigenvalue weighted by Gasteiger charge is 2.29. The van der Waals surface area contributed by atoms with Crippen LogP contribution < -0.4 is 9.80 Å². The number of hydrogen-bond acceptors (Lipinski definition) is 6. The van der Waals surface area contributed by atoms with Crippen molar-refractivity contribution in [2.45, 2.75) is 13.0 Å². The molecule has 5 rings (SSSR count). The predicted octanol–water partition coefficient (Wildman–Crippen LogP) is 1.87. The van der Waals surface area contributed by atoms with Crippen molar-refractivity contribution in [3.05, 3.63) is 42.0 Å². The number of imidazole rings is 1. The molecule has 3 aromatic rings. The molecular formula is C17H16N6O2. The molecule has 0 bridgehead atoms. The molecule has 8 heteroatoms. The average Bonchev–Trinajstić information content (AvgIpc) is 3.29. The number of benzene rings is 1. The molecule has 2 aromatic heterocycles. The quantitative estimate of drug-likeness (QED) is 0.769. The second kappa shape index (κ2) is 5.44. The summed E-state index contributed by atoms with van der Waals surface area (Å²) >= 11 is 0. The van der Waals surface area contributed by atoms with Crippen LogP contribution in [0.2, 0.25) is 0 Å². The zero-order valence-electron chi connectivity index (χ0n) is 13.5. The van der Waals surface area contributed by atoms with Crippen molar-refractivity contribution in [1.29, 1.82) is 0 Å². The number of hydrogen-bond donors (Lipinski definition) is 1. The van der Waals surface area contributed by atoms with Crippen LogP contribution in [0, 0.1) is 0 Å². The van der Waals surface area contributed by atoms with Gasteiger partial charge in [0.25, 0.3) is 0 Å². The first-order valence-electron chi connectivity index (χ1n) is 8.25. The number of aromatic amines is 1. The lowest BCUT2D eigenvalue weighted by Crippen LogP contribution is -2.33. The molecule has 1 fully saturated rings. The van der Waals surface area contributed by atoms with Crippen LogP contribution in [0.5, 0.6) is 0 Å². The molecule has 0 spiro atoms. The van der Waals surface area contributed by atoms with Crippen LogP contribution in [-0.2, 0) is 17.7 Å². The number of carbonyl (C=O) groups excluding carboxylic acids is 1. The lowest BCUT2D eigenvalue weighted by molar-refractivity contribution is 0.181. The Morgan fingerprint density at radius 1 is 1.16 bits per heavy atom. The SMILES string of the molecule is O=C1OCCN1c1cccc2c1CCN(c1ncnc3nc[nH]c13)C2. The van der Waals surface area contributed by atoms with Crippen LogP contribution in [0.3, 0.4) is 0 Å². The first-order valence-corrected chi connectivity index (χ1v) is 8.25. The Morgan fingerprint density at radius 2 is 2.12 bits per heavy atom. The molecule has 8 nitrogen and oxygen atoms in total. The summed E-state index contributed by atoms with van der Waals surface area (Å²) in [6.45, 7) is 2.61. The summed E-state index contributed by atoms with van der Waals surface area (Å²) in [7, 11) is 0. The Hall–Kier alpha value is -3.16. The number of fused-ring (bicyclic) bond motifs is 2. The molecule has 2 aliphatic heterocycles. The number of rotatable bonds is 2. The Labute approximate surface area is 143 Å². The number of ether oxygens (including phenoxy) is 1. The minimum Gasteiger partial charge on any atom is -0.447 e. The molecule has 4 heterocycles. The number of aromatic nitrogens is 4. The van der Waals surface area contributed by atoms with Crippen LogP contribution in [0.1, 0.15) is 11.1 Å². The van der Waals surface area contributed by atoms with Crippen LogP contribution in [0.15, 0.2) is 30.9 Å². The Balaban J connectivity index is 1.51. The average molecular weight is 336 g/mol. The minimum atomic E-state index is -0.259. The summed E-state index contributed by atoms with van der Waals surface area (Å²) < 4.78 is 5.09. The number of amides is 1. The molecule has 1 amide bonds. The maximum Gasteiger partial charge on any atom is 0.414 e. The summed E-state index contributed by atoms with van der Waals surface area (Å²) in [4.78, 5) is 31.8. The minimum absolute atomic E-state index is 0.259. The zero-order valence-corrected chi connectivity index (χ0v) is 13.5. The van der Waals surface area contributed by atoms with E-state index in [0.717, 1.165) is 36.5 Å². The number of anilines is 2. The third kappa shape index (κ3) is 2.21. The van der Waals surface area contributed by atoms with Crippen LogP contribution >= 0.6 is 0 Å². The highest BCUT2D eigenvalue weighted by molar-refractivity contribution is 5.91. The fraction of sp³-hybridized carbons (Fsp3) is 0.294. The fourth-order valence-electron chi connectivity index (χ4n) is 3.63. The van der Waals surface area contributed by atoms with E-state index in [0.29, 0.717) is 18.8 Å². The maximum atomic E-state index is 11.9. The lowest BCUT2D eigenvalue weighted by Gasteiger charge is -2.32. The first kappa shape index (κ1) is 14.2. The normalized spacial score (nSPS) is 17.0. The van der Waals surface area contributed by atoms with Crippen molar-refractivity contribution in [2.24, 2.45) is 0 Å². The van der Waals surface area contributed by atoms with Gasteiger partial charge in [-0.15, -0.1) is 0 Å².